The van der Waals surface area contributed by atoms with Crippen LogP contribution in [0.15, 0.2) is 54.0 Å². The molecule has 0 saturated carbocycles. The van der Waals surface area contributed by atoms with Crippen molar-refractivity contribution in [2.75, 3.05) is 31.2 Å². The van der Waals surface area contributed by atoms with Gasteiger partial charge in [0.15, 0.2) is 6.29 Å². The van der Waals surface area contributed by atoms with Crippen LogP contribution in [0, 0.1) is 5.41 Å². The van der Waals surface area contributed by atoms with E-state index in [0.29, 0.717) is 17.5 Å². The summed E-state index contributed by atoms with van der Waals surface area (Å²) in [5, 5.41) is 1.54. The van der Waals surface area contributed by atoms with Crippen LogP contribution in [-0.4, -0.2) is 51.5 Å². The molecule has 0 aliphatic carbocycles. The van der Waals surface area contributed by atoms with E-state index in [0.717, 1.165) is 61.4 Å². The quantitative estimate of drug-likeness (QED) is 0.464. The van der Waals surface area contributed by atoms with E-state index >= 15 is 0 Å². The van der Waals surface area contributed by atoms with Gasteiger partial charge in [0, 0.05) is 60.8 Å². The van der Waals surface area contributed by atoms with E-state index in [4.69, 9.17) is 4.74 Å². The van der Waals surface area contributed by atoms with Crippen LogP contribution >= 0.6 is 0 Å². The molecule has 6 heterocycles. The van der Waals surface area contributed by atoms with Crippen LogP contribution in [0.2, 0.25) is 0 Å². The summed E-state index contributed by atoms with van der Waals surface area (Å²) >= 11 is 0. The highest BCUT2D eigenvalue weighted by Gasteiger charge is 2.44. The number of aromatic nitrogens is 4. The molecule has 4 aromatic heterocycles. The Hall–Kier alpha value is -3.52. The molecule has 8 nitrogen and oxygen atoms in total. The maximum absolute atomic E-state index is 13.2. The van der Waals surface area contributed by atoms with Crippen molar-refractivity contribution in [3.05, 3.63) is 70.8 Å². The lowest BCUT2D eigenvalue weighted by atomic mass is 9.75. The van der Waals surface area contributed by atoms with Gasteiger partial charge in [-0.05, 0) is 31.0 Å². The van der Waals surface area contributed by atoms with Crippen LogP contribution in [0.3, 0.4) is 0 Å². The zero-order chi connectivity index (χ0) is 21.7. The molecule has 0 amide bonds. The van der Waals surface area contributed by atoms with Crippen LogP contribution in [0.4, 0.5) is 5.69 Å². The number of anilines is 1. The van der Waals surface area contributed by atoms with Gasteiger partial charge in [-0.15, -0.1) is 0 Å². The Kier molecular flexibility index (Phi) is 4.36. The van der Waals surface area contributed by atoms with Crippen LogP contribution in [0.5, 0.6) is 0 Å². The summed E-state index contributed by atoms with van der Waals surface area (Å²) in [5.74, 6) is 0. The van der Waals surface area contributed by atoms with E-state index in [9.17, 15) is 9.59 Å². The lowest BCUT2D eigenvalue weighted by molar-refractivity contribution is -0.0233. The van der Waals surface area contributed by atoms with Crippen LogP contribution in [0.25, 0.3) is 16.4 Å². The van der Waals surface area contributed by atoms with E-state index in [1.807, 2.05) is 24.7 Å². The molecule has 0 N–H and O–H groups in total. The number of aldehydes is 1. The Bertz CT molecular complexity index is 1390. The fourth-order valence-electron chi connectivity index (χ4n) is 5.04. The molecule has 2 fully saturated rings. The van der Waals surface area contributed by atoms with Gasteiger partial charge in [0.2, 0.25) is 0 Å². The molecule has 0 unspecified atom stereocenters. The van der Waals surface area contributed by atoms with Gasteiger partial charge in [0.1, 0.15) is 5.65 Å². The van der Waals surface area contributed by atoms with Gasteiger partial charge >= 0.3 is 0 Å². The number of pyridine rings is 3. The van der Waals surface area contributed by atoms with Gasteiger partial charge < -0.3 is 18.6 Å². The highest BCUT2D eigenvalue weighted by atomic mass is 16.5. The standard InChI is InChI=1S/C24H23N5O3/c30-13-17-2-3-22-26-18(12-28(22)10-17)11-27-6-4-19-20(23(27)31)8-25-9-21(19)29-14-24(15-29)5-1-7-32-16-24/h2-4,6,8-10,12-13H,1,5,7,11,14-16H2. The van der Waals surface area contributed by atoms with Gasteiger partial charge in [0.05, 0.1) is 36.1 Å². The molecule has 0 bridgehead atoms. The molecule has 2 saturated heterocycles. The van der Waals surface area contributed by atoms with E-state index in [-0.39, 0.29) is 11.0 Å². The van der Waals surface area contributed by atoms with Crippen molar-refractivity contribution in [2.24, 2.45) is 5.41 Å². The Morgan fingerprint density at radius 3 is 2.84 bits per heavy atom. The highest BCUT2D eigenvalue weighted by Crippen LogP contribution is 2.41. The number of rotatable bonds is 4. The van der Waals surface area contributed by atoms with Crippen LogP contribution in [0.1, 0.15) is 28.9 Å². The van der Waals surface area contributed by atoms with Crippen molar-refractivity contribution in [3.8, 4) is 0 Å². The number of ether oxygens (including phenoxy) is 1. The van der Waals surface area contributed by atoms with E-state index < -0.39 is 0 Å². The number of imidazole rings is 1. The molecule has 6 rings (SSSR count). The van der Waals surface area contributed by atoms with Crippen molar-refractivity contribution in [3.63, 3.8) is 0 Å². The molecule has 0 atom stereocenters. The first-order valence-electron chi connectivity index (χ1n) is 10.9. The largest absolute Gasteiger partial charge is 0.381 e. The second kappa shape index (κ2) is 7.27. The van der Waals surface area contributed by atoms with Gasteiger partial charge in [0.25, 0.3) is 5.56 Å². The average molecular weight is 429 g/mol. The minimum absolute atomic E-state index is 0.0845. The second-order valence-corrected chi connectivity index (χ2v) is 8.96. The lowest BCUT2D eigenvalue weighted by Gasteiger charge is -2.53. The summed E-state index contributed by atoms with van der Waals surface area (Å²) in [7, 11) is 0. The van der Waals surface area contributed by atoms with Crippen LogP contribution in [-0.2, 0) is 11.3 Å². The first-order chi connectivity index (χ1) is 15.6. The number of hydrogen-bond donors (Lipinski definition) is 0. The fraction of sp³-hybridized carbons (Fsp3) is 0.333. The normalized spacial score (nSPS) is 17.7. The summed E-state index contributed by atoms with van der Waals surface area (Å²) in [4.78, 5) is 35.5. The van der Waals surface area contributed by atoms with E-state index in [2.05, 4.69) is 14.9 Å². The Balaban J connectivity index is 1.30. The first kappa shape index (κ1) is 19.2. The average Bonchev–Trinajstić information content (AvgIpc) is 3.21. The summed E-state index contributed by atoms with van der Waals surface area (Å²) in [6, 6.07) is 5.52. The summed E-state index contributed by atoms with van der Waals surface area (Å²) in [6.07, 6.45) is 12.0. The van der Waals surface area contributed by atoms with E-state index in [1.165, 1.54) is 6.42 Å². The van der Waals surface area contributed by atoms with Crippen molar-refractivity contribution >= 4 is 28.4 Å². The predicted molar refractivity (Wildman–Crippen MR) is 120 cm³/mol. The maximum atomic E-state index is 13.2. The first-order valence-corrected chi connectivity index (χ1v) is 10.9. The second-order valence-electron chi connectivity index (χ2n) is 8.96. The van der Waals surface area contributed by atoms with E-state index in [1.54, 1.807) is 33.5 Å². The van der Waals surface area contributed by atoms with Crippen molar-refractivity contribution in [2.45, 2.75) is 19.4 Å². The molecule has 2 aliphatic rings. The Morgan fingerprint density at radius 1 is 1.12 bits per heavy atom. The summed E-state index contributed by atoms with van der Waals surface area (Å²) in [6.45, 7) is 3.92. The predicted octanol–water partition coefficient (Wildman–Crippen LogP) is 2.52. The molecule has 162 valence electrons. The maximum Gasteiger partial charge on any atom is 0.260 e. The lowest BCUT2D eigenvalue weighted by Crippen LogP contribution is -2.60. The highest BCUT2D eigenvalue weighted by molar-refractivity contribution is 5.93. The molecular formula is C24H23N5O3. The number of carbonyl (C=O) groups excluding carboxylic acids is 1. The Morgan fingerprint density at radius 2 is 2.03 bits per heavy atom. The molecule has 0 radical (unpaired) electrons. The topological polar surface area (TPSA) is 81.7 Å². The number of hydrogen-bond acceptors (Lipinski definition) is 6. The van der Waals surface area contributed by atoms with Gasteiger partial charge in [-0.2, -0.15) is 0 Å². The molecule has 8 heteroatoms. The number of nitrogens with zero attached hydrogens (tertiary/aromatic N) is 5. The van der Waals surface area contributed by atoms with Gasteiger partial charge in [-0.25, -0.2) is 4.98 Å². The SMILES string of the molecule is O=Cc1ccc2nc(Cn3ccc4c(N5CC6(CCCOC6)C5)cncc4c3=O)cn2c1. The molecule has 4 aromatic rings. The Labute approximate surface area is 184 Å². The molecule has 1 spiro atoms. The smallest absolute Gasteiger partial charge is 0.260 e. The molecule has 0 aromatic carbocycles. The zero-order valence-corrected chi connectivity index (χ0v) is 17.6. The number of fused-ring (bicyclic) bond motifs is 2. The zero-order valence-electron chi connectivity index (χ0n) is 17.6. The summed E-state index contributed by atoms with van der Waals surface area (Å²) < 4.78 is 9.17. The van der Waals surface area contributed by atoms with Crippen molar-refractivity contribution < 1.29 is 9.53 Å². The van der Waals surface area contributed by atoms with Crippen molar-refractivity contribution in [1.82, 2.24) is 18.9 Å². The third-order valence-corrected chi connectivity index (χ3v) is 6.67. The van der Waals surface area contributed by atoms with Gasteiger partial charge in [-0.3, -0.25) is 14.6 Å². The minimum Gasteiger partial charge on any atom is -0.381 e. The molecule has 2 aliphatic heterocycles. The third-order valence-electron chi connectivity index (χ3n) is 6.67. The van der Waals surface area contributed by atoms with Gasteiger partial charge in [-0.1, -0.05) is 0 Å². The monoisotopic (exact) mass is 429 g/mol. The molecular weight excluding hydrogens is 406 g/mol. The fourth-order valence-corrected chi connectivity index (χ4v) is 5.04. The molecule has 32 heavy (non-hydrogen) atoms. The third kappa shape index (κ3) is 3.10. The summed E-state index contributed by atoms with van der Waals surface area (Å²) in [5.41, 5.74) is 3.25. The van der Waals surface area contributed by atoms with Crippen molar-refractivity contribution in [1.29, 1.82) is 0 Å². The number of carbonyl (C=O) groups is 1. The minimum atomic E-state index is -0.0845. The van der Waals surface area contributed by atoms with Crippen LogP contribution < -0.4 is 10.5 Å².